The number of carbonyl (C=O) groups is 5. The van der Waals surface area contributed by atoms with Crippen LogP contribution >= 0.6 is 0 Å². The molecule has 4 unspecified atom stereocenters. The molecule has 1 saturated carbocycles. The fourth-order valence-corrected chi connectivity index (χ4v) is 8.37. The van der Waals surface area contributed by atoms with Gasteiger partial charge < -0.3 is 14.2 Å². The highest BCUT2D eigenvalue weighted by atomic mass is 16.5. The third-order valence-corrected chi connectivity index (χ3v) is 10.4. The molecule has 7 rings (SSSR count). The molecule has 2 aromatic carbocycles. The summed E-state index contributed by atoms with van der Waals surface area (Å²) >= 11 is 0. The summed E-state index contributed by atoms with van der Waals surface area (Å²) in [7, 11) is 0. The smallest absolute Gasteiger partial charge is 0.334 e. The number of carbonyl (C=O) groups excluding carboxylic acids is 5. The highest BCUT2D eigenvalue weighted by Gasteiger charge is 2.77. The molecule has 0 spiro atoms. The zero-order chi connectivity index (χ0) is 33.6. The van der Waals surface area contributed by atoms with Crippen molar-refractivity contribution in [1.29, 1.82) is 0 Å². The minimum absolute atomic E-state index is 0.0932. The number of rotatable bonds is 12. The summed E-state index contributed by atoms with van der Waals surface area (Å²) in [6.07, 6.45) is 3.78. The lowest BCUT2D eigenvalue weighted by Crippen LogP contribution is -2.61. The Balaban J connectivity index is 1.38. The monoisotopic (exact) mass is 642 g/mol. The molecule has 0 aromatic heterocycles. The number of benzene rings is 2. The van der Waals surface area contributed by atoms with Gasteiger partial charge in [-0.25, -0.2) is 4.79 Å². The van der Waals surface area contributed by atoms with Crippen molar-refractivity contribution in [3.63, 3.8) is 0 Å². The molecule has 3 fully saturated rings. The first kappa shape index (κ1) is 32.5. The van der Waals surface area contributed by atoms with Crippen LogP contribution < -0.4 is 19.3 Å². The van der Waals surface area contributed by atoms with E-state index in [0.717, 1.165) is 35.5 Å². The minimum atomic E-state index is -1.46. The van der Waals surface area contributed by atoms with Crippen molar-refractivity contribution in [2.45, 2.75) is 60.3 Å². The van der Waals surface area contributed by atoms with Gasteiger partial charge in [0.05, 0.1) is 54.9 Å². The first-order valence-corrected chi connectivity index (χ1v) is 16.7. The molecule has 47 heavy (non-hydrogen) atoms. The summed E-state index contributed by atoms with van der Waals surface area (Å²) in [6.45, 7) is 10.5. The van der Waals surface area contributed by atoms with E-state index in [2.05, 4.69) is 13.8 Å². The van der Waals surface area contributed by atoms with Crippen molar-refractivity contribution in [1.82, 2.24) is 0 Å². The first-order valence-electron chi connectivity index (χ1n) is 16.7. The van der Waals surface area contributed by atoms with Gasteiger partial charge in [-0.15, -0.1) is 0 Å². The van der Waals surface area contributed by atoms with Crippen LogP contribution in [-0.2, 0) is 28.7 Å². The van der Waals surface area contributed by atoms with Crippen LogP contribution in [-0.4, -0.2) is 49.4 Å². The number of ether oxygens (including phenoxy) is 3. The Morgan fingerprint density at radius 3 is 1.49 bits per heavy atom. The number of hydrogen-bond donors (Lipinski definition) is 0. The molecule has 3 aliphatic carbocycles. The average Bonchev–Trinajstić information content (AvgIpc) is 3.48. The van der Waals surface area contributed by atoms with Crippen LogP contribution in [0.1, 0.15) is 60.3 Å². The predicted molar refractivity (Wildman–Crippen MR) is 174 cm³/mol. The standard InChI is InChI=1S/C37H42N2O8/c1-6-9-19-46-24-15-11-22(12-16-24)38-32(40)27-26-21(4)29(36(44)45-8-3)37(5,30(27)34(38)42)31-28(26)33(41)39(35(31)43)23-13-17-25(18-14-23)47-20-10-7-2/h11-18,26-28,30-31H,6-10,19-20H2,1-5H3. The Kier molecular flexibility index (Phi) is 8.72. The van der Waals surface area contributed by atoms with Gasteiger partial charge in [0, 0.05) is 16.9 Å². The van der Waals surface area contributed by atoms with Crippen LogP contribution in [0, 0.1) is 35.0 Å². The molecule has 2 saturated heterocycles. The lowest BCUT2D eigenvalue weighted by atomic mass is 9.43. The van der Waals surface area contributed by atoms with E-state index < -0.39 is 64.6 Å². The maximum absolute atomic E-state index is 14.4. The molecule has 4 amide bonds. The van der Waals surface area contributed by atoms with Crippen molar-refractivity contribution in [2.24, 2.45) is 35.0 Å². The minimum Gasteiger partial charge on any atom is -0.494 e. The molecule has 2 aliphatic heterocycles. The van der Waals surface area contributed by atoms with Crippen LogP contribution in [0.2, 0.25) is 0 Å². The summed E-state index contributed by atoms with van der Waals surface area (Å²) in [4.78, 5) is 73.4. The second-order valence-electron chi connectivity index (χ2n) is 13.0. The van der Waals surface area contributed by atoms with E-state index in [9.17, 15) is 24.0 Å². The van der Waals surface area contributed by atoms with Gasteiger partial charge in [0.15, 0.2) is 0 Å². The number of allylic oxidation sites excluding steroid dienone is 1. The number of unbranched alkanes of at least 4 members (excludes halogenated alkanes) is 2. The summed E-state index contributed by atoms with van der Waals surface area (Å²) < 4.78 is 17.0. The third kappa shape index (κ3) is 4.95. The number of nitrogens with zero attached hydrogens (tertiary/aromatic N) is 2. The molecule has 10 heteroatoms. The molecular formula is C37H42N2O8. The lowest BCUT2D eigenvalue weighted by Gasteiger charge is -2.55. The molecular weight excluding hydrogens is 600 g/mol. The lowest BCUT2D eigenvalue weighted by molar-refractivity contribution is -0.155. The van der Waals surface area contributed by atoms with Gasteiger partial charge in [-0.1, -0.05) is 39.2 Å². The van der Waals surface area contributed by atoms with E-state index in [1.54, 1.807) is 69.3 Å². The van der Waals surface area contributed by atoms with Gasteiger partial charge in [-0.2, -0.15) is 0 Å². The summed E-state index contributed by atoms with van der Waals surface area (Å²) in [5.41, 5.74) is 0.0361. The fraction of sp³-hybridized carbons (Fsp3) is 0.486. The third-order valence-electron chi connectivity index (χ3n) is 10.4. The Morgan fingerprint density at radius 2 is 1.11 bits per heavy atom. The first-order chi connectivity index (χ1) is 22.6. The number of hydrogen-bond acceptors (Lipinski definition) is 8. The highest BCUT2D eigenvalue weighted by molar-refractivity contribution is 6.27. The number of amides is 4. The molecule has 2 bridgehead atoms. The SMILES string of the molecule is CCCCOc1ccc(N2C(=O)C3C4C(C)=C(C(=O)OCC)C(C)(C3C2=O)C2C(=O)N(c3ccc(OCCCC)cc3)C(=O)C42)cc1. The Labute approximate surface area is 275 Å². The van der Waals surface area contributed by atoms with Crippen molar-refractivity contribution in [2.75, 3.05) is 29.6 Å². The quantitative estimate of drug-likeness (QED) is 0.170. The van der Waals surface area contributed by atoms with Crippen LogP contribution in [0.15, 0.2) is 59.7 Å². The van der Waals surface area contributed by atoms with Gasteiger partial charge in [-0.05, 0) is 75.2 Å². The number of imide groups is 2. The fourth-order valence-electron chi connectivity index (χ4n) is 8.37. The molecule has 2 heterocycles. The van der Waals surface area contributed by atoms with E-state index in [4.69, 9.17) is 14.2 Å². The van der Waals surface area contributed by atoms with Gasteiger partial charge in [0.1, 0.15) is 11.5 Å². The van der Waals surface area contributed by atoms with Gasteiger partial charge >= 0.3 is 5.97 Å². The zero-order valence-corrected chi connectivity index (χ0v) is 27.6. The average molecular weight is 643 g/mol. The van der Waals surface area contributed by atoms with E-state index in [1.807, 2.05) is 0 Å². The molecule has 5 aliphatic rings. The highest BCUT2D eigenvalue weighted by Crippen LogP contribution is 2.68. The molecule has 2 aromatic rings. The largest absolute Gasteiger partial charge is 0.494 e. The second kappa shape index (κ2) is 12.6. The van der Waals surface area contributed by atoms with Crippen molar-refractivity contribution < 1.29 is 38.2 Å². The van der Waals surface area contributed by atoms with Crippen LogP contribution in [0.4, 0.5) is 11.4 Å². The maximum Gasteiger partial charge on any atom is 0.334 e. The Hall–Kier alpha value is -4.47. The van der Waals surface area contributed by atoms with E-state index in [1.165, 1.54) is 0 Å². The van der Waals surface area contributed by atoms with Crippen molar-refractivity contribution in [3.8, 4) is 11.5 Å². The summed E-state index contributed by atoms with van der Waals surface area (Å²) in [6, 6.07) is 13.5. The van der Waals surface area contributed by atoms with E-state index in [-0.39, 0.29) is 12.2 Å². The van der Waals surface area contributed by atoms with E-state index >= 15 is 0 Å². The van der Waals surface area contributed by atoms with Crippen molar-refractivity contribution >= 4 is 41.0 Å². The molecule has 0 radical (unpaired) electrons. The topological polar surface area (TPSA) is 120 Å². The number of esters is 1. The second-order valence-corrected chi connectivity index (χ2v) is 13.0. The summed E-state index contributed by atoms with van der Waals surface area (Å²) in [5, 5.41) is 0. The summed E-state index contributed by atoms with van der Waals surface area (Å²) in [5.74, 6) is -5.98. The normalized spacial score (nSPS) is 27.8. The van der Waals surface area contributed by atoms with Gasteiger partial charge in [-0.3, -0.25) is 29.0 Å². The molecule has 10 nitrogen and oxygen atoms in total. The van der Waals surface area contributed by atoms with Crippen LogP contribution in [0.25, 0.3) is 0 Å². The van der Waals surface area contributed by atoms with Crippen molar-refractivity contribution in [3.05, 3.63) is 59.7 Å². The zero-order valence-electron chi connectivity index (χ0n) is 27.6. The molecule has 4 atom stereocenters. The molecule has 0 N–H and O–H groups in total. The van der Waals surface area contributed by atoms with Crippen LogP contribution in [0.5, 0.6) is 11.5 Å². The predicted octanol–water partition coefficient (Wildman–Crippen LogP) is 5.49. The Bertz CT molecular complexity index is 1530. The van der Waals surface area contributed by atoms with Crippen LogP contribution in [0.3, 0.4) is 0 Å². The maximum atomic E-state index is 14.4. The van der Waals surface area contributed by atoms with E-state index in [0.29, 0.717) is 41.7 Å². The Morgan fingerprint density at radius 1 is 0.681 bits per heavy atom. The van der Waals surface area contributed by atoms with Gasteiger partial charge in [0.25, 0.3) is 0 Å². The molecule has 248 valence electrons. The number of anilines is 2. The van der Waals surface area contributed by atoms with Gasteiger partial charge in [0.2, 0.25) is 23.6 Å².